The molecule has 1 aliphatic heterocycles. The first-order valence-electron chi connectivity index (χ1n) is 12.7. The Labute approximate surface area is 216 Å². The molecule has 1 saturated carbocycles. The Morgan fingerprint density at radius 2 is 1.57 bits per heavy atom. The van der Waals surface area contributed by atoms with Gasteiger partial charge in [-0.3, -0.25) is 14.2 Å². The van der Waals surface area contributed by atoms with Crippen molar-refractivity contribution in [3.63, 3.8) is 0 Å². The van der Waals surface area contributed by atoms with Gasteiger partial charge in [0.25, 0.3) is 0 Å². The topological polar surface area (TPSA) is 91.0 Å². The Kier molecular flexibility index (Phi) is 6.08. The zero-order chi connectivity index (χ0) is 25.5. The van der Waals surface area contributed by atoms with Crippen molar-refractivity contribution in [1.82, 2.24) is 34.4 Å². The van der Waals surface area contributed by atoms with E-state index in [0.717, 1.165) is 40.7 Å². The lowest BCUT2D eigenvalue weighted by atomic mass is 9.70. The molecule has 0 spiro atoms. The fourth-order valence-corrected chi connectivity index (χ4v) is 5.88. The molecule has 37 heavy (non-hydrogen) atoms. The number of rotatable bonds is 5. The van der Waals surface area contributed by atoms with E-state index in [4.69, 9.17) is 9.84 Å². The van der Waals surface area contributed by atoms with E-state index in [2.05, 4.69) is 38.1 Å². The molecule has 4 aromatic rings. The van der Waals surface area contributed by atoms with Gasteiger partial charge in [0.05, 0.1) is 31.6 Å². The van der Waals surface area contributed by atoms with Crippen LogP contribution in [0.5, 0.6) is 0 Å². The van der Waals surface area contributed by atoms with Crippen LogP contribution >= 0.6 is 0 Å². The number of carbonyl (C=O) groups excluding carboxylic acids is 1. The zero-order valence-corrected chi connectivity index (χ0v) is 21.4. The molecular weight excluding hydrogens is 466 g/mol. The molecule has 0 radical (unpaired) electrons. The third-order valence-electron chi connectivity index (χ3n) is 7.65. The fourth-order valence-electron chi connectivity index (χ4n) is 5.88. The number of fused-ring (bicyclic) bond motifs is 2. The van der Waals surface area contributed by atoms with Crippen molar-refractivity contribution in [3.8, 4) is 33.6 Å². The molecule has 2 aliphatic rings. The molecule has 0 unspecified atom stereocenters. The summed E-state index contributed by atoms with van der Waals surface area (Å²) in [5, 5.41) is 9.00. The van der Waals surface area contributed by atoms with Crippen LogP contribution in [0.1, 0.15) is 18.9 Å². The highest BCUT2D eigenvalue weighted by Crippen LogP contribution is 2.45. The normalized spacial score (nSPS) is 23.1. The second kappa shape index (κ2) is 9.55. The molecule has 1 amide bonds. The molecule has 3 aromatic heterocycles. The van der Waals surface area contributed by atoms with Gasteiger partial charge in [-0.15, -0.1) is 0 Å². The number of benzene rings is 1. The molecule has 4 atom stereocenters. The van der Waals surface area contributed by atoms with Crippen LogP contribution in [-0.4, -0.2) is 67.6 Å². The maximum Gasteiger partial charge on any atom is 0.225 e. The first kappa shape index (κ1) is 23.5. The minimum atomic E-state index is 0.0674. The lowest BCUT2D eigenvalue weighted by molar-refractivity contribution is -0.140. The molecular formula is C28H31N7O2. The molecule has 4 heterocycles. The van der Waals surface area contributed by atoms with Crippen LogP contribution < -0.4 is 0 Å². The molecule has 1 aliphatic carbocycles. The second-order valence-corrected chi connectivity index (χ2v) is 10.4. The minimum Gasteiger partial charge on any atom is -0.381 e. The molecule has 2 fully saturated rings. The Morgan fingerprint density at radius 1 is 0.892 bits per heavy atom. The monoisotopic (exact) mass is 497 g/mol. The van der Waals surface area contributed by atoms with Gasteiger partial charge < -0.3 is 9.64 Å². The number of ether oxygens (including phenoxy) is 1. The molecule has 2 bridgehead atoms. The molecule has 1 saturated heterocycles. The third kappa shape index (κ3) is 4.55. The largest absolute Gasteiger partial charge is 0.381 e. The Balaban J connectivity index is 1.20. The highest BCUT2D eigenvalue weighted by Gasteiger charge is 2.44. The summed E-state index contributed by atoms with van der Waals surface area (Å²) in [4.78, 5) is 23.7. The van der Waals surface area contributed by atoms with Crippen molar-refractivity contribution in [2.45, 2.75) is 18.9 Å². The first-order valence-corrected chi connectivity index (χ1v) is 12.7. The number of amides is 1. The van der Waals surface area contributed by atoms with Crippen LogP contribution in [0, 0.1) is 17.8 Å². The number of hydrogen-bond acceptors (Lipinski definition) is 6. The van der Waals surface area contributed by atoms with Crippen molar-refractivity contribution in [3.05, 3.63) is 61.4 Å². The Morgan fingerprint density at radius 3 is 2.24 bits per heavy atom. The predicted molar refractivity (Wildman–Crippen MR) is 139 cm³/mol. The average molecular weight is 498 g/mol. The molecule has 1 aromatic carbocycles. The summed E-state index contributed by atoms with van der Waals surface area (Å²) in [7, 11) is 5.59. The molecule has 9 heteroatoms. The van der Waals surface area contributed by atoms with Gasteiger partial charge in [-0.2, -0.15) is 10.2 Å². The average Bonchev–Trinajstić information content (AvgIpc) is 3.57. The lowest BCUT2D eigenvalue weighted by Crippen LogP contribution is -2.46. The summed E-state index contributed by atoms with van der Waals surface area (Å²) < 4.78 is 9.74. The quantitative estimate of drug-likeness (QED) is 0.418. The van der Waals surface area contributed by atoms with E-state index in [1.54, 1.807) is 9.58 Å². The van der Waals surface area contributed by atoms with E-state index < -0.39 is 0 Å². The zero-order valence-electron chi connectivity index (χ0n) is 21.4. The standard InChI is InChI=1S/C28H31N7O2/c1-33(2)28(36)20-8-21-16-37-17-22(9-20)26(21)35-15-25(13-32-35)23-10-29-27(30-11-23)19-6-4-5-18(7-19)24-12-31-34(3)14-24/h4-7,10-15,20-22,26H,8-9,16-17H2,1-3H3/t20-,21-,22+,26+. The number of hydrogen-bond donors (Lipinski definition) is 0. The summed E-state index contributed by atoms with van der Waals surface area (Å²) in [5.41, 5.74) is 5.01. The highest BCUT2D eigenvalue weighted by molar-refractivity contribution is 5.78. The minimum absolute atomic E-state index is 0.0674. The van der Waals surface area contributed by atoms with Gasteiger partial charge in [0.15, 0.2) is 5.82 Å². The van der Waals surface area contributed by atoms with E-state index in [1.165, 1.54) is 0 Å². The van der Waals surface area contributed by atoms with Gasteiger partial charge in [-0.05, 0) is 24.5 Å². The second-order valence-electron chi connectivity index (χ2n) is 10.4. The SMILES string of the molecule is CN(C)C(=O)[C@H]1C[C@H]2COC[C@@H](C1)[C@@H]2n1cc(-c2cnc(-c3cccc(-c4cnn(C)c4)c3)nc2)cn1. The summed E-state index contributed by atoms with van der Waals surface area (Å²) in [6, 6.07) is 8.42. The van der Waals surface area contributed by atoms with Crippen LogP contribution in [-0.2, 0) is 16.6 Å². The number of carbonyl (C=O) groups is 1. The highest BCUT2D eigenvalue weighted by atomic mass is 16.5. The van der Waals surface area contributed by atoms with Gasteiger partial charge in [0, 0.05) is 85.9 Å². The van der Waals surface area contributed by atoms with Crippen LogP contribution in [0.4, 0.5) is 0 Å². The number of aromatic nitrogens is 6. The molecule has 9 nitrogen and oxygen atoms in total. The molecule has 6 rings (SSSR count). The van der Waals surface area contributed by atoms with E-state index in [0.29, 0.717) is 19.0 Å². The maximum atomic E-state index is 12.6. The van der Waals surface area contributed by atoms with Crippen LogP contribution in [0.3, 0.4) is 0 Å². The summed E-state index contributed by atoms with van der Waals surface area (Å²) in [6.45, 7) is 1.34. The Hall–Kier alpha value is -3.85. The molecule has 190 valence electrons. The first-order chi connectivity index (χ1) is 18.0. The number of nitrogens with zero attached hydrogens (tertiary/aromatic N) is 7. The molecule has 0 N–H and O–H groups in total. The number of aryl methyl sites for hydroxylation is 1. The van der Waals surface area contributed by atoms with E-state index in [1.807, 2.05) is 64.3 Å². The van der Waals surface area contributed by atoms with Gasteiger partial charge in [0.1, 0.15) is 0 Å². The Bertz CT molecular complexity index is 1390. The van der Waals surface area contributed by atoms with Crippen molar-refractivity contribution in [2.75, 3.05) is 27.3 Å². The summed E-state index contributed by atoms with van der Waals surface area (Å²) in [6.07, 6.45) is 13.2. The van der Waals surface area contributed by atoms with Gasteiger partial charge in [-0.1, -0.05) is 18.2 Å². The smallest absolute Gasteiger partial charge is 0.225 e. The van der Waals surface area contributed by atoms with Gasteiger partial charge in [-0.25, -0.2) is 9.97 Å². The van der Waals surface area contributed by atoms with Crippen LogP contribution in [0.25, 0.3) is 33.6 Å². The van der Waals surface area contributed by atoms with Crippen molar-refractivity contribution in [2.24, 2.45) is 24.8 Å². The van der Waals surface area contributed by atoms with Crippen LogP contribution in [0.2, 0.25) is 0 Å². The fraction of sp³-hybridized carbons (Fsp3) is 0.393. The van der Waals surface area contributed by atoms with E-state index >= 15 is 0 Å². The van der Waals surface area contributed by atoms with E-state index in [-0.39, 0.29) is 29.7 Å². The summed E-state index contributed by atoms with van der Waals surface area (Å²) >= 11 is 0. The third-order valence-corrected chi connectivity index (χ3v) is 7.65. The predicted octanol–water partition coefficient (Wildman–Crippen LogP) is 3.71. The maximum absolute atomic E-state index is 12.6. The van der Waals surface area contributed by atoms with E-state index in [9.17, 15) is 4.79 Å². The van der Waals surface area contributed by atoms with Crippen molar-refractivity contribution in [1.29, 1.82) is 0 Å². The summed E-state index contributed by atoms with van der Waals surface area (Å²) in [5.74, 6) is 1.52. The van der Waals surface area contributed by atoms with Crippen molar-refractivity contribution < 1.29 is 9.53 Å². The van der Waals surface area contributed by atoms with Gasteiger partial charge >= 0.3 is 0 Å². The van der Waals surface area contributed by atoms with Crippen molar-refractivity contribution >= 4 is 5.91 Å². The van der Waals surface area contributed by atoms with Gasteiger partial charge in [0.2, 0.25) is 5.91 Å². The lowest BCUT2D eigenvalue weighted by Gasteiger charge is -2.45. The van der Waals surface area contributed by atoms with Crippen LogP contribution in [0.15, 0.2) is 61.4 Å².